The second-order valence-corrected chi connectivity index (χ2v) is 12.2. The predicted octanol–water partition coefficient (Wildman–Crippen LogP) is -0.774. The molecule has 4 aromatic heterocycles. The van der Waals surface area contributed by atoms with Gasteiger partial charge < -0.3 is 34.2 Å². The normalized spacial score (nSPS) is 32.4. The summed E-state index contributed by atoms with van der Waals surface area (Å²) in [5, 5.41) is -0.378. The first-order valence-electron chi connectivity index (χ1n) is 13.3. The van der Waals surface area contributed by atoms with E-state index in [4.69, 9.17) is 28.9 Å². The van der Waals surface area contributed by atoms with E-state index < -0.39 is 89.3 Å². The molecule has 3 aliphatic heterocycles. The van der Waals surface area contributed by atoms with Crippen molar-refractivity contribution in [3.05, 3.63) is 41.3 Å². The van der Waals surface area contributed by atoms with E-state index >= 15 is 4.39 Å². The van der Waals surface area contributed by atoms with E-state index in [9.17, 15) is 22.4 Å². The summed E-state index contributed by atoms with van der Waals surface area (Å²) < 4.78 is 89.6. The standard InChI is InChI=1S/C23H23F2N9O9S2/c24-9-3-33(17-12(9)19(35)30-6-28-17)20-10-1-8(40-20)4-39-22(36)23(44)42-15-11(2-32-45(37,38)43-10)41-21(13(15)25)34-7-31-14-16(26)27-5-29-18(14)34/h3,5-8,10-11,13,15,20-21,23,32,44H,1-2,4H2,(H2,26,27,29)(H,28,30,35)/t8-,10+,11+,13+,15+,20+,21+,23?/m0/s1. The first-order valence-corrected chi connectivity index (χ1v) is 15.2. The Bertz CT molecular complexity index is 1960. The molecule has 3 aliphatic rings. The van der Waals surface area contributed by atoms with Gasteiger partial charge in [0, 0.05) is 19.2 Å². The summed E-state index contributed by atoms with van der Waals surface area (Å²) >= 11 is 4.13. The number of hydrogen-bond acceptors (Lipinski definition) is 15. The Kier molecular flexibility index (Phi) is 7.45. The van der Waals surface area contributed by atoms with E-state index in [1.165, 1.54) is 10.9 Å². The Balaban J connectivity index is 1.19. The molecule has 7 rings (SSSR count). The molecule has 18 nitrogen and oxygen atoms in total. The van der Waals surface area contributed by atoms with Crippen LogP contribution < -0.4 is 16.0 Å². The SMILES string of the molecule is Nc1ncnc2c1ncn2[C@@H]1O[C@@H]2CNS(=O)(=O)O[C@@H]3C[C@@H](COC(=O)C(S)O[C@H]2[C@H]1F)O[C@H]3n1cc(F)c2c(=O)[nH]cnc21. The van der Waals surface area contributed by atoms with E-state index in [0.717, 1.165) is 23.4 Å². The predicted molar refractivity (Wildman–Crippen MR) is 148 cm³/mol. The number of nitrogens with two attached hydrogens (primary N) is 1. The number of fused-ring (bicyclic) bond motifs is 5. The number of halogens is 2. The molecule has 0 saturated carbocycles. The highest BCUT2D eigenvalue weighted by Gasteiger charge is 2.50. The van der Waals surface area contributed by atoms with Gasteiger partial charge in [-0.3, -0.25) is 9.36 Å². The summed E-state index contributed by atoms with van der Waals surface area (Å²) in [6, 6.07) is 0. The first kappa shape index (κ1) is 29.9. The third-order valence-corrected chi connectivity index (χ3v) is 8.88. The average Bonchev–Trinajstić information content (AvgIpc) is 3.75. The van der Waals surface area contributed by atoms with Gasteiger partial charge in [0.05, 0.1) is 18.8 Å². The van der Waals surface area contributed by atoms with Gasteiger partial charge in [-0.05, 0) is 0 Å². The van der Waals surface area contributed by atoms with E-state index in [-0.39, 0.29) is 34.4 Å². The van der Waals surface area contributed by atoms with Crippen molar-refractivity contribution in [2.75, 3.05) is 18.9 Å². The molecule has 240 valence electrons. The number of aromatic amines is 1. The summed E-state index contributed by atoms with van der Waals surface area (Å²) in [5.41, 5.74) is 3.64. The number of aromatic nitrogens is 7. The number of nitrogen functional groups attached to an aromatic ring is 1. The van der Waals surface area contributed by atoms with Crippen molar-refractivity contribution in [1.82, 2.24) is 38.8 Å². The molecular formula is C23H23F2N9O9S2. The van der Waals surface area contributed by atoms with Gasteiger partial charge >= 0.3 is 16.3 Å². The Morgan fingerprint density at radius 3 is 2.69 bits per heavy atom. The number of nitrogens with zero attached hydrogens (tertiary/aromatic N) is 6. The molecule has 0 spiro atoms. The van der Waals surface area contributed by atoms with Crippen LogP contribution in [0.3, 0.4) is 0 Å². The quantitative estimate of drug-likeness (QED) is 0.152. The van der Waals surface area contributed by atoms with Crippen LogP contribution in [0.25, 0.3) is 22.2 Å². The zero-order valence-corrected chi connectivity index (χ0v) is 24.3. The fourth-order valence-corrected chi connectivity index (χ4v) is 6.68. The number of imidazole rings is 1. The molecule has 4 N–H and O–H groups in total. The molecule has 4 aromatic rings. The van der Waals surface area contributed by atoms with Gasteiger partial charge in [-0.25, -0.2) is 37.7 Å². The van der Waals surface area contributed by atoms with Crippen LogP contribution in [0.15, 0.2) is 30.0 Å². The topological polar surface area (TPSA) is 230 Å². The van der Waals surface area contributed by atoms with Crippen LogP contribution in [-0.2, 0) is 38.2 Å². The molecule has 0 amide bonds. The number of H-pyrrole nitrogens is 1. The number of nitrogens with one attached hydrogen (secondary N) is 2. The van der Waals surface area contributed by atoms with Gasteiger partial charge in [0.2, 0.25) is 0 Å². The van der Waals surface area contributed by atoms with E-state index in [1.807, 2.05) is 0 Å². The number of anilines is 1. The maximum Gasteiger partial charge on any atom is 0.345 e. The fourth-order valence-electron chi connectivity index (χ4n) is 5.53. The molecule has 0 aliphatic carbocycles. The summed E-state index contributed by atoms with van der Waals surface area (Å²) in [6.07, 6.45) is -5.66. The van der Waals surface area contributed by atoms with Crippen molar-refractivity contribution >= 4 is 56.9 Å². The number of carbonyl (C=O) groups excluding carboxylic acids is 1. The summed E-state index contributed by atoms with van der Waals surface area (Å²) in [7, 11) is -4.62. The number of carbonyl (C=O) groups is 1. The zero-order valence-electron chi connectivity index (χ0n) is 22.6. The largest absolute Gasteiger partial charge is 0.460 e. The van der Waals surface area contributed by atoms with Crippen LogP contribution in [0, 0.1) is 5.82 Å². The van der Waals surface area contributed by atoms with Gasteiger partial charge in [0.25, 0.3) is 5.56 Å². The highest BCUT2D eigenvalue weighted by Crippen LogP contribution is 2.38. The van der Waals surface area contributed by atoms with Crippen LogP contribution >= 0.6 is 12.6 Å². The second kappa shape index (κ2) is 11.2. The third kappa shape index (κ3) is 5.30. The molecular weight excluding hydrogens is 648 g/mol. The number of esters is 1. The smallest absolute Gasteiger partial charge is 0.345 e. The van der Waals surface area contributed by atoms with Gasteiger partial charge in [-0.1, -0.05) is 0 Å². The molecule has 2 bridgehead atoms. The molecule has 7 heterocycles. The molecule has 0 aromatic carbocycles. The van der Waals surface area contributed by atoms with Gasteiger partial charge in [-0.15, -0.1) is 12.6 Å². The zero-order chi connectivity index (χ0) is 31.6. The minimum Gasteiger partial charge on any atom is -0.460 e. The number of alkyl halides is 1. The maximum atomic E-state index is 16.0. The minimum atomic E-state index is -4.62. The Morgan fingerprint density at radius 1 is 1.04 bits per heavy atom. The van der Waals surface area contributed by atoms with Crippen LogP contribution in [0.5, 0.6) is 0 Å². The van der Waals surface area contributed by atoms with Crippen molar-refractivity contribution in [2.24, 2.45) is 0 Å². The number of hydrogen-bond donors (Lipinski definition) is 4. The number of cyclic esters (lactones) is 1. The van der Waals surface area contributed by atoms with E-state index in [1.54, 1.807) is 0 Å². The van der Waals surface area contributed by atoms with E-state index in [0.29, 0.717) is 0 Å². The molecule has 8 atom stereocenters. The highest BCUT2D eigenvalue weighted by molar-refractivity contribution is 7.84. The van der Waals surface area contributed by atoms with Crippen molar-refractivity contribution in [1.29, 1.82) is 0 Å². The Morgan fingerprint density at radius 2 is 1.87 bits per heavy atom. The molecule has 3 saturated heterocycles. The van der Waals surface area contributed by atoms with Crippen molar-refractivity contribution in [2.45, 2.75) is 54.9 Å². The molecule has 45 heavy (non-hydrogen) atoms. The number of rotatable bonds is 2. The Labute approximate surface area is 255 Å². The summed E-state index contributed by atoms with van der Waals surface area (Å²) in [6.45, 7) is -1.00. The second-order valence-electron chi connectivity index (χ2n) is 10.3. The monoisotopic (exact) mass is 671 g/mol. The van der Waals surface area contributed by atoms with Crippen LogP contribution in [-0.4, -0.2) is 97.6 Å². The fraction of sp³-hybridized carbons (Fsp3) is 0.478. The van der Waals surface area contributed by atoms with Crippen molar-refractivity contribution in [3.8, 4) is 0 Å². The lowest BCUT2D eigenvalue weighted by Crippen LogP contribution is -2.44. The van der Waals surface area contributed by atoms with Crippen molar-refractivity contribution in [3.63, 3.8) is 0 Å². The number of thiol groups is 1. The molecule has 1 unspecified atom stereocenters. The van der Waals surface area contributed by atoms with Gasteiger partial charge in [0.1, 0.15) is 42.1 Å². The first-order chi connectivity index (χ1) is 21.5. The van der Waals surface area contributed by atoms with Gasteiger partial charge in [0.15, 0.2) is 47.0 Å². The molecule has 3 fully saturated rings. The maximum absolute atomic E-state index is 16.0. The lowest BCUT2D eigenvalue weighted by atomic mass is 10.1. The van der Waals surface area contributed by atoms with Gasteiger partial charge in [-0.2, -0.15) is 13.1 Å². The van der Waals surface area contributed by atoms with Crippen LogP contribution in [0.4, 0.5) is 14.6 Å². The minimum absolute atomic E-state index is 0.0416. The molecule has 22 heteroatoms. The lowest BCUT2D eigenvalue weighted by Gasteiger charge is -2.24. The van der Waals surface area contributed by atoms with E-state index in [2.05, 4.69) is 42.3 Å². The van der Waals surface area contributed by atoms with Crippen LogP contribution in [0.1, 0.15) is 18.9 Å². The van der Waals surface area contributed by atoms with Crippen LogP contribution in [0.2, 0.25) is 0 Å². The summed E-state index contributed by atoms with van der Waals surface area (Å²) in [4.78, 5) is 43.3. The Hall–Kier alpha value is -3.80. The summed E-state index contributed by atoms with van der Waals surface area (Å²) in [5.74, 6) is -1.88. The highest BCUT2D eigenvalue weighted by atomic mass is 32.2. The third-order valence-electron chi connectivity index (χ3n) is 7.53. The lowest BCUT2D eigenvalue weighted by molar-refractivity contribution is -0.160. The number of ether oxygens (including phenoxy) is 4. The van der Waals surface area contributed by atoms with Crippen molar-refractivity contribution < 1.29 is 45.1 Å². The average molecular weight is 672 g/mol. The molecule has 0 radical (unpaired) electrons.